The maximum atomic E-state index is 4.44. The monoisotopic (exact) mass is 292 g/mol. The molecule has 4 nitrogen and oxygen atoms in total. The molecular weight excluding hydrogens is 260 g/mol. The summed E-state index contributed by atoms with van der Waals surface area (Å²) in [5.41, 5.74) is 0.461. The molecule has 21 heavy (non-hydrogen) atoms. The number of aromatic nitrogens is 3. The van der Waals surface area contributed by atoms with Gasteiger partial charge in [0, 0.05) is 19.0 Å². The summed E-state index contributed by atoms with van der Waals surface area (Å²) in [5, 5.41) is 7.82. The molecule has 1 aliphatic carbocycles. The summed E-state index contributed by atoms with van der Waals surface area (Å²) in [4.78, 5) is 4.44. The minimum absolute atomic E-state index is 0.461. The van der Waals surface area contributed by atoms with Gasteiger partial charge in [-0.2, -0.15) is 5.10 Å². The second kappa shape index (κ2) is 6.91. The van der Waals surface area contributed by atoms with E-state index in [9.17, 15) is 0 Å². The summed E-state index contributed by atoms with van der Waals surface area (Å²) >= 11 is 0. The van der Waals surface area contributed by atoms with Crippen LogP contribution in [0.5, 0.6) is 0 Å². The highest BCUT2D eigenvalue weighted by Crippen LogP contribution is 2.40. The topological polar surface area (TPSA) is 42.7 Å². The minimum atomic E-state index is 0.461. The Hall–Kier alpha value is -0.900. The molecule has 1 N–H and O–H groups in total. The Morgan fingerprint density at radius 1 is 1.29 bits per heavy atom. The highest BCUT2D eigenvalue weighted by atomic mass is 15.3. The van der Waals surface area contributed by atoms with Crippen LogP contribution in [0.15, 0.2) is 6.33 Å². The van der Waals surface area contributed by atoms with Crippen LogP contribution in [0.4, 0.5) is 0 Å². The largest absolute Gasteiger partial charge is 0.316 e. The number of nitrogens with zero attached hydrogens (tertiary/aromatic N) is 3. The molecule has 0 spiro atoms. The number of likely N-dealkylation sites (N-methyl/N-ethyl adjacent to an activating group) is 1. The lowest BCUT2D eigenvalue weighted by atomic mass is 9.68. The molecule has 1 heterocycles. The second-order valence-electron chi connectivity index (χ2n) is 7.57. The molecule has 0 aliphatic heterocycles. The van der Waals surface area contributed by atoms with Gasteiger partial charge in [0.05, 0.1) is 0 Å². The molecular formula is C17H32N4. The van der Waals surface area contributed by atoms with E-state index in [0.29, 0.717) is 11.5 Å². The maximum Gasteiger partial charge on any atom is 0.138 e. The first-order valence-corrected chi connectivity index (χ1v) is 8.49. The van der Waals surface area contributed by atoms with Gasteiger partial charge in [0.1, 0.15) is 12.2 Å². The van der Waals surface area contributed by atoms with Crippen LogP contribution in [-0.2, 0) is 13.0 Å². The van der Waals surface area contributed by atoms with Gasteiger partial charge in [-0.3, -0.25) is 4.68 Å². The summed E-state index contributed by atoms with van der Waals surface area (Å²) < 4.78 is 2.02. The highest BCUT2D eigenvalue weighted by Gasteiger charge is 2.32. The van der Waals surface area contributed by atoms with Crippen molar-refractivity contribution in [1.82, 2.24) is 20.1 Å². The molecule has 1 aliphatic rings. The van der Waals surface area contributed by atoms with E-state index in [4.69, 9.17) is 0 Å². The molecule has 0 radical (unpaired) electrons. The Morgan fingerprint density at radius 2 is 1.95 bits per heavy atom. The second-order valence-corrected chi connectivity index (χ2v) is 7.57. The van der Waals surface area contributed by atoms with E-state index in [1.807, 2.05) is 4.68 Å². The average molecular weight is 292 g/mol. The molecule has 1 atom stereocenters. The first kappa shape index (κ1) is 16.5. The van der Waals surface area contributed by atoms with Gasteiger partial charge < -0.3 is 5.32 Å². The predicted molar refractivity (Wildman–Crippen MR) is 87.2 cm³/mol. The zero-order valence-corrected chi connectivity index (χ0v) is 14.4. The normalized spacial score (nSPS) is 25.0. The Balaban J connectivity index is 1.94. The van der Waals surface area contributed by atoms with Crippen molar-refractivity contribution in [3.8, 4) is 0 Å². The van der Waals surface area contributed by atoms with Gasteiger partial charge in [-0.05, 0) is 56.9 Å². The lowest BCUT2D eigenvalue weighted by molar-refractivity contribution is 0.133. The quantitative estimate of drug-likeness (QED) is 0.905. The van der Waals surface area contributed by atoms with Crippen LogP contribution in [0, 0.1) is 17.3 Å². The highest BCUT2D eigenvalue weighted by molar-refractivity contribution is 4.94. The van der Waals surface area contributed by atoms with Gasteiger partial charge in [-0.25, -0.2) is 4.98 Å². The van der Waals surface area contributed by atoms with Crippen molar-refractivity contribution < 1.29 is 0 Å². The zero-order valence-electron chi connectivity index (χ0n) is 14.4. The van der Waals surface area contributed by atoms with Crippen molar-refractivity contribution in [3.05, 3.63) is 12.2 Å². The van der Waals surface area contributed by atoms with Crippen molar-refractivity contribution in [2.24, 2.45) is 17.3 Å². The van der Waals surface area contributed by atoms with E-state index < -0.39 is 0 Å². The molecule has 0 aromatic carbocycles. The summed E-state index contributed by atoms with van der Waals surface area (Å²) in [6.45, 7) is 10.2. The number of hydrogen-bond donors (Lipinski definition) is 1. The van der Waals surface area contributed by atoms with Crippen LogP contribution in [-0.4, -0.2) is 27.9 Å². The van der Waals surface area contributed by atoms with Crippen molar-refractivity contribution >= 4 is 0 Å². The first-order valence-electron chi connectivity index (χ1n) is 8.49. The van der Waals surface area contributed by atoms with E-state index in [2.05, 4.69) is 50.1 Å². The number of hydrogen-bond acceptors (Lipinski definition) is 3. The average Bonchev–Trinajstić information content (AvgIpc) is 2.91. The number of aryl methyl sites for hydroxylation is 1. The molecule has 1 unspecified atom stereocenters. The van der Waals surface area contributed by atoms with Gasteiger partial charge >= 0.3 is 0 Å². The number of nitrogens with one attached hydrogen (secondary N) is 1. The number of rotatable bonds is 5. The summed E-state index contributed by atoms with van der Waals surface area (Å²) in [6, 6.07) is 0.528. The fourth-order valence-corrected chi connectivity index (χ4v) is 3.80. The first-order chi connectivity index (χ1) is 9.95. The van der Waals surface area contributed by atoms with Crippen LogP contribution < -0.4 is 5.32 Å². The van der Waals surface area contributed by atoms with Gasteiger partial charge in [-0.15, -0.1) is 0 Å². The van der Waals surface area contributed by atoms with Crippen molar-refractivity contribution in [2.75, 3.05) is 7.05 Å². The summed E-state index contributed by atoms with van der Waals surface area (Å²) in [7, 11) is 2.09. The molecule has 1 aromatic rings. The molecule has 1 fully saturated rings. The fraction of sp³-hybridized carbons (Fsp3) is 0.882. The third kappa shape index (κ3) is 4.06. The smallest absolute Gasteiger partial charge is 0.138 e. The van der Waals surface area contributed by atoms with Crippen molar-refractivity contribution in [3.63, 3.8) is 0 Å². The summed E-state index contributed by atoms with van der Waals surface area (Å²) in [6.07, 6.45) is 8.10. The Labute approximate surface area is 129 Å². The van der Waals surface area contributed by atoms with Crippen LogP contribution in [0.2, 0.25) is 0 Å². The van der Waals surface area contributed by atoms with E-state index in [-0.39, 0.29) is 0 Å². The maximum absolute atomic E-state index is 4.44. The van der Waals surface area contributed by atoms with Crippen LogP contribution in [0.1, 0.15) is 59.2 Å². The molecule has 2 rings (SSSR count). The summed E-state index contributed by atoms with van der Waals surface area (Å²) in [5.74, 6) is 2.77. The van der Waals surface area contributed by atoms with Gasteiger partial charge in [0.25, 0.3) is 0 Å². The van der Waals surface area contributed by atoms with Crippen molar-refractivity contribution in [2.45, 2.75) is 72.4 Å². The van der Waals surface area contributed by atoms with Gasteiger partial charge in [0.2, 0.25) is 0 Å². The molecule has 0 amide bonds. The minimum Gasteiger partial charge on any atom is -0.316 e. The molecule has 4 heteroatoms. The standard InChI is InChI=1S/C17H32N4/c1-6-21-16(19-12-20-21)11-15(18-5)13-7-9-14(10-8-13)17(2,3)4/h12-15,18H,6-11H2,1-5H3. The van der Waals surface area contributed by atoms with Crippen LogP contribution in [0.25, 0.3) is 0 Å². The molecule has 0 saturated heterocycles. The fourth-order valence-electron chi connectivity index (χ4n) is 3.80. The lowest BCUT2D eigenvalue weighted by Gasteiger charge is -2.39. The zero-order chi connectivity index (χ0) is 15.5. The molecule has 1 aromatic heterocycles. The Morgan fingerprint density at radius 3 is 2.48 bits per heavy atom. The SMILES string of the molecule is CCn1ncnc1CC(NC)C1CCC(C(C)(C)C)CC1. The van der Waals surface area contributed by atoms with Gasteiger partial charge in [-0.1, -0.05) is 20.8 Å². The van der Waals surface area contributed by atoms with E-state index in [1.165, 1.54) is 25.7 Å². The molecule has 120 valence electrons. The molecule has 0 bridgehead atoms. The van der Waals surface area contributed by atoms with E-state index in [0.717, 1.165) is 30.6 Å². The third-order valence-electron chi connectivity index (χ3n) is 5.33. The Kier molecular flexibility index (Phi) is 5.42. The van der Waals surface area contributed by atoms with E-state index >= 15 is 0 Å². The van der Waals surface area contributed by atoms with E-state index in [1.54, 1.807) is 6.33 Å². The Bertz CT molecular complexity index is 424. The van der Waals surface area contributed by atoms with Crippen LogP contribution in [0.3, 0.4) is 0 Å². The molecule has 1 saturated carbocycles. The van der Waals surface area contributed by atoms with Crippen molar-refractivity contribution in [1.29, 1.82) is 0 Å². The third-order valence-corrected chi connectivity index (χ3v) is 5.33. The predicted octanol–water partition coefficient (Wildman–Crippen LogP) is 3.28. The lowest BCUT2D eigenvalue weighted by Crippen LogP contribution is -2.39. The van der Waals surface area contributed by atoms with Gasteiger partial charge in [0.15, 0.2) is 0 Å². The van der Waals surface area contributed by atoms with Crippen LogP contribution >= 0.6 is 0 Å².